The Balaban J connectivity index is 0.908. The van der Waals surface area contributed by atoms with Crippen molar-refractivity contribution in [2.24, 2.45) is 0 Å². The zero-order chi connectivity index (χ0) is 88.2. The topological polar surface area (TPSA) is 421 Å². The van der Waals surface area contributed by atoms with Gasteiger partial charge in [0.1, 0.15) is 157 Å². The van der Waals surface area contributed by atoms with Crippen molar-refractivity contribution < 1.29 is 116 Å². The Bertz CT molecular complexity index is 7040. The first-order valence-electron chi connectivity index (χ1n) is 41.6. The van der Waals surface area contributed by atoms with Crippen molar-refractivity contribution in [2.45, 2.75) is 89.5 Å². The van der Waals surface area contributed by atoms with Crippen molar-refractivity contribution in [2.75, 3.05) is 0 Å². The summed E-state index contributed by atoms with van der Waals surface area (Å²) in [7, 11) is 0. The van der Waals surface area contributed by atoms with Crippen LogP contribution in [0.2, 0.25) is 0 Å². The summed E-state index contributed by atoms with van der Waals surface area (Å²) in [6.45, 7) is 0. The number of phenols is 19. The second-order valence-corrected chi connectivity index (χ2v) is 34.4. The van der Waals surface area contributed by atoms with E-state index in [-0.39, 0.29) is 159 Å². The molecule has 22 rings (SSSR count). The van der Waals surface area contributed by atoms with Gasteiger partial charge in [-0.2, -0.15) is 0 Å². The molecule has 23 heteroatoms. The highest BCUT2D eigenvalue weighted by Crippen LogP contribution is 2.75. The molecule has 3 aliphatic carbocycles. The van der Waals surface area contributed by atoms with Gasteiger partial charge in [-0.25, -0.2) is 0 Å². The van der Waals surface area contributed by atoms with Crippen molar-refractivity contribution in [3.8, 4) is 132 Å². The molecule has 0 saturated heterocycles. The highest BCUT2D eigenvalue weighted by atomic mass is 16.5. The molecule has 128 heavy (non-hydrogen) atoms. The number of hydrogen-bond acceptors (Lipinski definition) is 23. The quantitative estimate of drug-likeness (QED) is 0.0540. The van der Waals surface area contributed by atoms with E-state index >= 15 is 5.11 Å². The molecular weight excluding hydrogens is 1630 g/mol. The summed E-state index contributed by atoms with van der Waals surface area (Å²) in [6, 6.07) is 66.6. The first kappa shape index (κ1) is 77.7. The van der Waals surface area contributed by atoms with Gasteiger partial charge in [0.05, 0.1) is 23.7 Å². The molecule has 15 aromatic rings. The Hall–Kier alpha value is -16.3. The highest BCUT2D eigenvalue weighted by molar-refractivity contribution is 5.78. The van der Waals surface area contributed by atoms with Gasteiger partial charge in [0.25, 0.3) is 0 Å². The van der Waals surface area contributed by atoms with E-state index in [1.807, 2.05) is 0 Å². The predicted octanol–water partition coefficient (Wildman–Crippen LogP) is 19.4. The molecule has 0 radical (unpaired) electrons. The van der Waals surface area contributed by atoms with Gasteiger partial charge in [-0.05, 0) is 223 Å². The summed E-state index contributed by atoms with van der Waals surface area (Å²) in [5.74, 6) is -19.0. The van der Waals surface area contributed by atoms with Gasteiger partial charge in [0.15, 0.2) is 0 Å². The normalized spacial score (nSPS) is 22.7. The van der Waals surface area contributed by atoms with Crippen LogP contribution in [0.3, 0.4) is 0 Å². The zero-order valence-electron chi connectivity index (χ0n) is 67.2. The molecule has 7 aliphatic rings. The van der Waals surface area contributed by atoms with Crippen LogP contribution < -0.4 is 18.9 Å². The standard InChI is InChI=1S/C105H78O23/c106-54-15-1-45(2-16-54)81-86-69(35-65(117)39-74(86)121)93-89-72(38-68(120)42-79(89)126-103(93)50-11-25-59(111)26-12-50)90(81)91-73-43-76(123)97(105-95(73)94(104(128-105)51-13-27-60(112)28-14-51)70-36-66(118)40-75(122)87(70)82(91)46-3-17-55(107)18-4-46)99-83(47-5-19-56(108)20-6-47)92(71-37-67(119)41-78-88(71)84(52-29-61(113)33-62(114)30-52)101(125-78)48-7-21-57(109)22-8-48)96-77(124)44-80-98(100(96)99)85(53-31-63(115)34-64(116)32-53)102(127-80)49-9-23-58(110)24-10-49/h1-44,81-85,90-94,99,101-104,106-124H. The van der Waals surface area contributed by atoms with Crippen molar-refractivity contribution in [3.63, 3.8) is 0 Å². The predicted molar refractivity (Wildman–Crippen MR) is 465 cm³/mol. The average Bonchev–Trinajstić information content (AvgIpc) is 1.52. The minimum atomic E-state index is -1.48. The lowest BCUT2D eigenvalue weighted by Gasteiger charge is -2.41. The molecule has 4 aliphatic heterocycles. The number of benzene rings is 15. The maximum Gasteiger partial charge on any atom is 0.135 e. The van der Waals surface area contributed by atoms with Crippen LogP contribution in [-0.4, -0.2) is 97.0 Å². The fraction of sp³-hybridized carbons (Fsp3) is 0.143. The van der Waals surface area contributed by atoms with E-state index in [0.29, 0.717) is 72.3 Å². The SMILES string of the molecule is Oc1ccc(C2Oc3cc(O)cc(C4c5c(O)cc6c(c5C(c5c(O)cc7c8c5OC(c5ccc(O)cc5)C8c5cc(O)cc(O)c5C(c5ccc(O)cc5)C7C5c7cc(O)cc8c7C(c7cc(O)cc(O)c7C5c5ccc(O)cc5)C(c5ccc(O)cc5)O8)C4c4ccc(O)cc4)C(c4cc(O)cc(O)c4)C(c4ccc(O)cc4)O6)c3C2c2cc(O)cc(O)c2)cc1. The van der Waals surface area contributed by atoms with Crippen molar-refractivity contribution in [3.05, 3.63) is 395 Å². The molecule has 0 fully saturated rings. The number of aromatic hydroxyl groups is 19. The summed E-state index contributed by atoms with van der Waals surface area (Å²) in [4.78, 5) is 0. The van der Waals surface area contributed by atoms with Crippen molar-refractivity contribution in [1.29, 1.82) is 0 Å². The van der Waals surface area contributed by atoms with Gasteiger partial charge in [0.2, 0.25) is 0 Å². The van der Waals surface area contributed by atoms with Crippen LogP contribution >= 0.6 is 0 Å². The lowest BCUT2D eigenvalue weighted by Crippen LogP contribution is -2.27. The second kappa shape index (κ2) is 28.9. The third-order valence-electron chi connectivity index (χ3n) is 27.2. The Morgan fingerprint density at radius 3 is 0.844 bits per heavy atom. The van der Waals surface area contributed by atoms with Gasteiger partial charge in [-0.15, -0.1) is 0 Å². The second-order valence-electron chi connectivity index (χ2n) is 34.4. The van der Waals surface area contributed by atoms with E-state index in [9.17, 15) is 91.9 Å². The minimum Gasteiger partial charge on any atom is -0.508 e. The summed E-state index contributed by atoms with van der Waals surface area (Å²) in [5, 5.41) is 233. The Labute approximate surface area is 728 Å². The van der Waals surface area contributed by atoms with Crippen LogP contribution in [0.4, 0.5) is 0 Å². The molecule has 0 spiro atoms. The number of hydrogen-bond donors (Lipinski definition) is 19. The third kappa shape index (κ3) is 12.2. The van der Waals surface area contributed by atoms with Crippen LogP contribution in [0.5, 0.6) is 132 Å². The van der Waals surface area contributed by atoms with E-state index < -0.39 is 118 Å². The lowest BCUT2D eigenvalue weighted by molar-refractivity contribution is 0.218. The molecule has 15 unspecified atom stereocenters. The van der Waals surface area contributed by atoms with Crippen molar-refractivity contribution in [1.82, 2.24) is 0 Å². The molecule has 0 bridgehead atoms. The summed E-state index contributed by atoms with van der Waals surface area (Å²) in [6.07, 6.45) is -4.59. The smallest absolute Gasteiger partial charge is 0.135 e. The van der Waals surface area contributed by atoms with Gasteiger partial charge in [-0.3, -0.25) is 0 Å². The summed E-state index contributed by atoms with van der Waals surface area (Å²) < 4.78 is 29.6. The first-order chi connectivity index (χ1) is 61.7. The number of phenolic OH excluding ortho intramolecular Hbond substituents is 19. The van der Waals surface area contributed by atoms with Crippen molar-refractivity contribution >= 4 is 0 Å². The fourth-order valence-corrected chi connectivity index (χ4v) is 22.6. The van der Waals surface area contributed by atoms with E-state index in [4.69, 9.17) is 18.9 Å². The molecule has 4 heterocycles. The van der Waals surface area contributed by atoms with Crippen LogP contribution in [0.15, 0.2) is 267 Å². The molecular formula is C105H78O23. The Morgan fingerprint density at radius 1 is 0.148 bits per heavy atom. The van der Waals surface area contributed by atoms with E-state index in [1.54, 1.807) is 97.1 Å². The van der Waals surface area contributed by atoms with E-state index in [1.165, 1.54) is 158 Å². The maximum atomic E-state index is 15.3. The molecule has 15 atom stereocenters. The molecule has 23 nitrogen and oxygen atoms in total. The Kier molecular flexibility index (Phi) is 17.6. The minimum absolute atomic E-state index is 0.00894. The molecule has 15 aromatic carbocycles. The molecule has 636 valence electrons. The number of ether oxygens (including phenoxy) is 4. The fourth-order valence-electron chi connectivity index (χ4n) is 22.6. The van der Waals surface area contributed by atoms with Crippen LogP contribution in [0.25, 0.3) is 0 Å². The molecule has 0 saturated carbocycles. The number of rotatable bonds is 12. The molecule has 0 aromatic heterocycles. The summed E-state index contributed by atoms with van der Waals surface area (Å²) >= 11 is 0. The molecule has 0 amide bonds. The van der Waals surface area contributed by atoms with Crippen LogP contribution in [-0.2, 0) is 0 Å². The maximum absolute atomic E-state index is 15.3. The van der Waals surface area contributed by atoms with Crippen LogP contribution in [0.1, 0.15) is 217 Å². The first-order valence-corrected chi connectivity index (χ1v) is 41.6. The van der Waals surface area contributed by atoms with Crippen LogP contribution in [0, 0.1) is 0 Å². The Morgan fingerprint density at radius 2 is 0.438 bits per heavy atom. The lowest BCUT2D eigenvalue weighted by atomic mass is 9.62. The number of fused-ring (bicyclic) bond motifs is 8. The average molecular weight is 1710 g/mol. The monoisotopic (exact) mass is 1710 g/mol. The van der Waals surface area contributed by atoms with E-state index in [2.05, 4.69) is 0 Å². The van der Waals surface area contributed by atoms with Gasteiger partial charge < -0.3 is 116 Å². The van der Waals surface area contributed by atoms with E-state index in [0.717, 1.165) is 12.1 Å². The zero-order valence-corrected chi connectivity index (χ0v) is 67.2. The molecule has 19 N–H and O–H groups in total. The van der Waals surface area contributed by atoms with Gasteiger partial charge in [0, 0.05) is 128 Å². The van der Waals surface area contributed by atoms with Gasteiger partial charge >= 0.3 is 0 Å². The third-order valence-corrected chi connectivity index (χ3v) is 27.2. The largest absolute Gasteiger partial charge is 0.508 e. The summed E-state index contributed by atoms with van der Waals surface area (Å²) in [5.41, 5.74) is 7.31. The van der Waals surface area contributed by atoms with Gasteiger partial charge in [-0.1, -0.05) is 84.9 Å². The highest BCUT2D eigenvalue weighted by Gasteiger charge is 2.60.